The number of nitrogens with one attached hydrogen (secondary N) is 2. The van der Waals surface area contributed by atoms with Gasteiger partial charge in [0.25, 0.3) is 5.91 Å². The largest absolute Gasteiger partial charge is 0.482 e. The quantitative estimate of drug-likeness (QED) is 0.797. The predicted molar refractivity (Wildman–Crippen MR) is 110 cm³/mol. The van der Waals surface area contributed by atoms with Crippen molar-refractivity contribution in [2.24, 2.45) is 0 Å². The molecule has 0 aromatic heterocycles. The minimum atomic E-state index is -0.285. The molecule has 0 radical (unpaired) electrons. The van der Waals surface area contributed by atoms with E-state index >= 15 is 0 Å². The summed E-state index contributed by atoms with van der Waals surface area (Å²) in [7, 11) is 3.31. The zero-order valence-corrected chi connectivity index (χ0v) is 17.0. The molecule has 0 aliphatic heterocycles. The Bertz CT molecular complexity index is 898. The van der Waals surface area contributed by atoms with Gasteiger partial charge in [-0.2, -0.15) is 0 Å². The van der Waals surface area contributed by atoms with E-state index in [4.69, 9.17) is 16.3 Å². The van der Waals surface area contributed by atoms with Gasteiger partial charge in [0.1, 0.15) is 5.75 Å². The number of amides is 3. The zero-order valence-electron chi connectivity index (χ0n) is 16.2. The van der Waals surface area contributed by atoms with E-state index < -0.39 is 0 Å². The van der Waals surface area contributed by atoms with Gasteiger partial charge < -0.3 is 20.3 Å². The van der Waals surface area contributed by atoms with Crippen molar-refractivity contribution in [1.29, 1.82) is 0 Å². The van der Waals surface area contributed by atoms with E-state index in [-0.39, 0.29) is 24.6 Å². The molecule has 3 rings (SSSR count). The Morgan fingerprint density at radius 1 is 1.21 bits per heavy atom. The third-order valence-electron chi connectivity index (χ3n) is 4.72. The first-order valence-corrected chi connectivity index (χ1v) is 9.50. The van der Waals surface area contributed by atoms with Gasteiger partial charge in [0.15, 0.2) is 6.61 Å². The summed E-state index contributed by atoms with van der Waals surface area (Å²) in [4.78, 5) is 25.4. The van der Waals surface area contributed by atoms with Crippen molar-refractivity contribution in [3.05, 3.63) is 58.1 Å². The number of carbonyl (C=O) groups is 2. The van der Waals surface area contributed by atoms with E-state index in [9.17, 15) is 9.59 Å². The van der Waals surface area contributed by atoms with Crippen molar-refractivity contribution in [2.45, 2.75) is 25.8 Å². The fraction of sp³-hybridized carbons (Fsp3) is 0.333. The standard InChI is InChI=1S/C21H24ClN3O3/c1-13-4-5-14-6-8-18(16(14)10-13)24-21(27)23-15-7-9-19(17(22)11-15)28-12-20(26)25(2)3/h4-5,7,9-11,18H,6,8,12H2,1-3H3,(H2,23,24,27). The molecule has 28 heavy (non-hydrogen) atoms. The number of carbonyl (C=O) groups excluding carboxylic acids is 2. The molecule has 3 amide bonds. The molecule has 1 atom stereocenters. The van der Waals surface area contributed by atoms with Crippen molar-refractivity contribution in [3.8, 4) is 5.75 Å². The molecule has 148 valence electrons. The second-order valence-electron chi connectivity index (χ2n) is 7.11. The van der Waals surface area contributed by atoms with Gasteiger partial charge >= 0.3 is 6.03 Å². The number of hydrogen-bond acceptors (Lipinski definition) is 3. The number of aryl methyl sites for hydroxylation is 2. The SMILES string of the molecule is Cc1ccc2c(c1)C(NC(=O)Nc1ccc(OCC(=O)N(C)C)c(Cl)c1)CC2. The molecule has 1 aliphatic rings. The molecule has 6 nitrogen and oxygen atoms in total. The van der Waals surface area contributed by atoms with Gasteiger partial charge in [-0.25, -0.2) is 4.79 Å². The smallest absolute Gasteiger partial charge is 0.319 e. The Kier molecular flexibility index (Phi) is 6.09. The highest BCUT2D eigenvalue weighted by atomic mass is 35.5. The van der Waals surface area contributed by atoms with E-state index in [1.807, 2.05) is 6.92 Å². The first-order chi connectivity index (χ1) is 13.3. The second-order valence-corrected chi connectivity index (χ2v) is 7.52. The lowest BCUT2D eigenvalue weighted by atomic mass is 10.1. The minimum Gasteiger partial charge on any atom is -0.482 e. The van der Waals surface area contributed by atoms with Crippen LogP contribution in [0.4, 0.5) is 10.5 Å². The average Bonchev–Trinajstić information content (AvgIpc) is 3.02. The number of nitrogens with zero attached hydrogens (tertiary/aromatic N) is 1. The van der Waals surface area contributed by atoms with Crippen LogP contribution >= 0.6 is 11.6 Å². The topological polar surface area (TPSA) is 70.7 Å². The summed E-state index contributed by atoms with van der Waals surface area (Å²) in [5, 5.41) is 6.15. The van der Waals surface area contributed by atoms with E-state index in [1.54, 1.807) is 32.3 Å². The average molecular weight is 402 g/mol. The van der Waals surface area contributed by atoms with Crippen LogP contribution in [0.3, 0.4) is 0 Å². The van der Waals surface area contributed by atoms with Crippen LogP contribution < -0.4 is 15.4 Å². The van der Waals surface area contributed by atoms with Gasteiger partial charge in [0.2, 0.25) is 0 Å². The maximum atomic E-state index is 12.4. The van der Waals surface area contributed by atoms with Crippen LogP contribution in [0.1, 0.15) is 29.2 Å². The summed E-state index contributed by atoms with van der Waals surface area (Å²) in [6.07, 6.45) is 1.85. The molecule has 2 N–H and O–H groups in total. The lowest BCUT2D eigenvalue weighted by Gasteiger charge is -2.16. The van der Waals surface area contributed by atoms with Crippen LogP contribution in [-0.4, -0.2) is 37.5 Å². The van der Waals surface area contributed by atoms with Gasteiger partial charge in [-0.3, -0.25) is 4.79 Å². The van der Waals surface area contributed by atoms with Crippen LogP contribution in [0.5, 0.6) is 5.75 Å². The number of halogens is 1. The predicted octanol–water partition coefficient (Wildman–Crippen LogP) is 3.92. The Balaban J connectivity index is 1.59. The summed E-state index contributed by atoms with van der Waals surface area (Å²) >= 11 is 6.21. The normalized spacial score (nSPS) is 14.9. The lowest BCUT2D eigenvalue weighted by Crippen LogP contribution is -2.31. The van der Waals surface area contributed by atoms with Crippen molar-refractivity contribution in [2.75, 3.05) is 26.0 Å². The highest BCUT2D eigenvalue weighted by molar-refractivity contribution is 6.32. The molecule has 0 saturated carbocycles. The van der Waals surface area contributed by atoms with E-state index in [2.05, 4.69) is 28.8 Å². The summed E-state index contributed by atoms with van der Waals surface area (Å²) in [5.74, 6) is 0.229. The van der Waals surface area contributed by atoms with Gasteiger partial charge in [-0.05, 0) is 49.1 Å². The van der Waals surface area contributed by atoms with Crippen LogP contribution in [-0.2, 0) is 11.2 Å². The zero-order chi connectivity index (χ0) is 20.3. The molecule has 0 bridgehead atoms. The summed E-state index contributed by atoms with van der Waals surface area (Å²) in [6.45, 7) is 1.95. The molecule has 7 heteroatoms. The van der Waals surface area contributed by atoms with Crippen molar-refractivity contribution in [1.82, 2.24) is 10.2 Å². The molecular formula is C21H24ClN3O3. The summed E-state index contributed by atoms with van der Waals surface area (Å²) < 4.78 is 5.43. The number of urea groups is 1. The molecule has 0 spiro atoms. The molecule has 2 aromatic carbocycles. The number of ether oxygens (including phenoxy) is 1. The Morgan fingerprint density at radius 3 is 2.71 bits per heavy atom. The molecular weight excluding hydrogens is 378 g/mol. The monoisotopic (exact) mass is 401 g/mol. The minimum absolute atomic E-state index is 0.00465. The molecule has 1 unspecified atom stereocenters. The molecule has 0 heterocycles. The first kappa shape index (κ1) is 20.0. The van der Waals surface area contributed by atoms with Gasteiger partial charge in [0, 0.05) is 19.8 Å². The molecule has 0 fully saturated rings. The lowest BCUT2D eigenvalue weighted by molar-refractivity contribution is -0.130. The van der Waals surface area contributed by atoms with Crippen LogP contribution in [0, 0.1) is 6.92 Å². The van der Waals surface area contributed by atoms with E-state index in [0.29, 0.717) is 16.5 Å². The Morgan fingerprint density at radius 2 is 2.00 bits per heavy atom. The fourth-order valence-corrected chi connectivity index (χ4v) is 3.40. The van der Waals surface area contributed by atoms with Gasteiger partial charge in [-0.15, -0.1) is 0 Å². The Hall–Kier alpha value is -2.73. The molecule has 1 aliphatic carbocycles. The van der Waals surface area contributed by atoms with Gasteiger partial charge in [0.05, 0.1) is 11.1 Å². The van der Waals surface area contributed by atoms with Crippen LogP contribution in [0.2, 0.25) is 5.02 Å². The van der Waals surface area contributed by atoms with Crippen LogP contribution in [0.15, 0.2) is 36.4 Å². The maximum Gasteiger partial charge on any atom is 0.319 e. The van der Waals surface area contributed by atoms with Crippen LogP contribution in [0.25, 0.3) is 0 Å². The van der Waals surface area contributed by atoms with E-state index in [1.165, 1.54) is 21.6 Å². The van der Waals surface area contributed by atoms with Crippen molar-refractivity contribution in [3.63, 3.8) is 0 Å². The molecule has 2 aromatic rings. The number of anilines is 1. The second kappa shape index (κ2) is 8.52. The molecule has 0 saturated heterocycles. The fourth-order valence-electron chi connectivity index (χ4n) is 3.16. The number of rotatable bonds is 5. The summed E-state index contributed by atoms with van der Waals surface area (Å²) in [6, 6.07) is 11.0. The van der Waals surface area contributed by atoms with E-state index in [0.717, 1.165) is 12.8 Å². The third-order valence-corrected chi connectivity index (χ3v) is 5.02. The number of benzene rings is 2. The number of likely N-dealkylation sites (N-methyl/N-ethyl adjacent to an activating group) is 1. The number of hydrogen-bond donors (Lipinski definition) is 2. The number of fused-ring (bicyclic) bond motifs is 1. The van der Waals surface area contributed by atoms with Crippen molar-refractivity contribution >= 4 is 29.2 Å². The third kappa shape index (κ3) is 4.75. The first-order valence-electron chi connectivity index (χ1n) is 9.13. The Labute approximate surface area is 169 Å². The summed E-state index contributed by atoms with van der Waals surface area (Å²) in [5.41, 5.74) is 4.20. The highest BCUT2D eigenvalue weighted by Gasteiger charge is 2.24. The highest BCUT2D eigenvalue weighted by Crippen LogP contribution is 2.32. The van der Waals surface area contributed by atoms with Crippen molar-refractivity contribution < 1.29 is 14.3 Å². The van der Waals surface area contributed by atoms with Gasteiger partial charge in [-0.1, -0.05) is 35.4 Å². The maximum absolute atomic E-state index is 12.4.